The molecule has 0 heterocycles. The summed E-state index contributed by atoms with van der Waals surface area (Å²) in [7, 11) is 1.65. The van der Waals surface area contributed by atoms with Gasteiger partial charge in [-0.3, -0.25) is 4.79 Å². The van der Waals surface area contributed by atoms with E-state index in [1.54, 1.807) is 7.11 Å². The van der Waals surface area contributed by atoms with Crippen molar-refractivity contribution in [2.24, 2.45) is 0 Å². The lowest BCUT2D eigenvalue weighted by molar-refractivity contribution is -0.137. The largest absolute Gasteiger partial charge is 0.497 e. The van der Waals surface area contributed by atoms with Crippen LogP contribution in [0.5, 0.6) is 5.75 Å². The van der Waals surface area contributed by atoms with E-state index in [2.05, 4.69) is 12.2 Å². The van der Waals surface area contributed by atoms with Gasteiger partial charge in [0.05, 0.1) is 7.11 Å². The molecule has 4 heteroatoms. The molecule has 100 valence electrons. The predicted octanol–water partition coefficient (Wildman–Crippen LogP) is 2.60. The number of ether oxygens (including phenoxy) is 1. The van der Waals surface area contributed by atoms with E-state index in [1.165, 1.54) is 5.56 Å². The second-order valence-corrected chi connectivity index (χ2v) is 4.30. The second kappa shape index (κ2) is 7.71. The number of benzene rings is 1. The van der Waals surface area contributed by atoms with Crippen molar-refractivity contribution in [1.29, 1.82) is 0 Å². The van der Waals surface area contributed by atoms with Gasteiger partial charge in [0.25, 0.3) is 0 Å². The van der Waals surface area contributed by atoms with E-state index in [-0.39, 0.29) is 12.5 Å². The monoisotopic (exact) mass is 251 g/mol. The van der Waals surface area contributed by atoms with Crippen molar-refractivity contribution in [1.82, 2.24) is 5.32 Å². The predicted molar refractivity (Wildman–Crippen MR) is 70.9 cm³/mol. The highest BCUT2D eigenvalue weighted by molar-refractivity contribution is 5.66. The molecule has 1 aromatic carbocycles. The van der Waals surface area contributed by atoms with E-state index >= 15 is 0 Å². The van der Waals surface area contributed by atoms with Crippen molar-refractivity contribution in [3.8, 4) is 5.75 Å². The molecular weight excluding hydrogens is 230 g/mol. The number of nitrogens with one attached hydrogen (secondary N) is 1. The zero-order chi connectivity index (χ0) is 13.4. The van der Waals surface area contributed by atoms with Gasteiger partial charge in [0.15, 0.2) is 0 Å². The van der Waals surface area contributed by atoms with Crippen LogP contribution < -0.4 is 10.1 Å². The molecule has 1 aromatic rings. The summed E-state index contributed by atoms with van der Waals surface area (Å²) in [5.41, 5.74) is 1.20. The molecule has 0 unspecified atom stereocenters. The maximum absolute atomic E-state index is 10.3. The van der Waals surface area contributed by atoms with Gasteiger partial charge in [0.1, 0.15) is 5.75 Å². The highest BCUT2D eigenvalue weighted by Gasteiger charge is 2.04. The van der Waals surface area contributed by atoms with Crippen molar-refractivity contribution >= 4 is 5.97 Å². The van der Waals surface area contributed by atoms with E-state index in [0.717, 1.165) is 25.1 Å². The van der Waals surface area contributed by atoms with Crippen LogP contribution in [0.15, 0.2) is 24.3 Å². The van der Waals surface area contributed by atoms with Crippen LogP contribution >= 0.6 is 0 Å². The first-order valence-electron chi connectivity index (χ1n) is 6.22. The minimum atomic E-state index is -0.724. The summed E-state index contributed by atoms with van der Waals surface area (Å²) in [4.78, 5) is 10.3. The Hall–Kier alpha value is -1.55. The number of carbonyl (C=O) groups is 1. The van der Waals surface area contributed by atoms with E-state index in [1.807, 2.05) is 24.3 Å². The number of carboxylic acid groups (broad SMARTS) is 1. The number of hydrogen-bond donors (Lipinski definition) is 2. The summed E-state index contributed by atoms with van der Waals surface area (Å²) in [5, 5.41) is 11.9. The van der Waals surface area contributed by atoms with Gasteiger partial charge in [-0.1, -0.05) is 12.1 Å². The fourth-order valence-corrected chi connectivity index (χ4v) is 1.73. The van der Waals surface area contributed by atoms with E-state index in [0.29, 0.717) is 0 Å². The second-order valence-electron chi connectivity index (χ2n) is 4.30. The molecule has 1 atom stereocenters. The SMILES string of the molecule is COc1ccc([C@@H](C)NCCCCC(=O)O)cc1. The molecule has 1 rings (SSSR count). The highest BCUT2D eigenvalue weighted by Crippen LogP contribution is 2.17. The molecule has 2 N–H and O–H groups in total. The molecule has 0 radical (unpaired) electrons. The summed E-state index contributed by atoms with van der Waals surface area (Å²) in [6, 6.07) is 8.22. The Morgan fingerprint density at radius 1 is 1.33 bits per heavy atom. The van der Waals surface area contributed by atoms with Crippen LogP contribution in [0.1, 0.15) is 37.8 Å². The van der Waals surface area contributed by atoms with Gasteiger partial charge < -0.3 is 15.2 Å². The summed E-state index contributed by atoms with van der Waals surface area (Å²) < 4.78 is 5.11. The lowest BCUT2D eigenvalue weighted by Crippen LogP contribution is -2.19. The van der Waals surface area contributed by atoms with Crippen molar-refractivity contribution in [2.45, 2.75) is 32.2 Å². The lowest BCUT2D eigenvalue weighted by atomic mass is 10.1. The third-order valence-corrected chi connectivity index (χ3v) is 2.88. The number of methoxy groups -OCH3 is 1. The summed E-state index contributed by atoms with van der Waals surface area (Å²) in [6.45, 7) is 2.93. The van der Waals surface area contributed by atoms with E-state index in [9.17, 15) is 4.79 Å². The van der Waals surface area contributed by atoms with Crippen LogP contribution in [0.25, 0.3) is 0 Å². The van der Waals surface area contributed by atoms with Gasteiger partial charge in [0.2, 0.25) is 0 Å². The maximum Gasteiger partial charge on any atom is 0.303 e. The lowest BCUT2D eigenvalue weighted by Gasteiger charge is -2.14. The molecule has 0 aliphatic carbocycles. The highest BCUT2D eigenvalue weighted by atomic mass is 16.5. The van der Waals surface area contributed by atoms with Crippen LogP contribution in [0.4, 0.5) is 0 Å². The van der Waals surface area contributed by atoms with Gasteiger partial charge in [0, 0.05) is 12.5 Å². The van der Waals surface area contributed by atoms with Gasteiger partial charge in [-0.05, 0) is 44.0 Å². The Labute approximate surface area is 108 Å². The van der Waals surface area contributed by atoms with Gasteiger partial charge >= 0.3 is 5.97 Å². The molecule has 0 aromatic heterocycles. The van der Waals surface area contributed by atoms with Crippen LogP contribution in [-0.2, 0) is 4.79 Å². The number of unbranched alkanes of at least 4 members (excludes halogenated alkanes) is 1. The van der Waals surface area contributed by atoms with Crippen LogP contribution in [-0.4, -0.2) is 24.7 Å². The van der Waals surface area contributed by atoms with Crippen molar-refractivity contribution in [3.05, 3.63) is 29.8 Å². The number of carboxylic acids is 1. The first kappa shape index (κ1) is 14.5. The maximum atomic E-state index is 10.3. The molecule has 0 saturated carbocycles. The van der Waals surface area contributed by atoms with Crippen molar-refractivity contribution in [2.75, 3.05) is 13.7 Å². The molecule has 18 heavy (non-hydrogen) atoms. The standard InChI is InChI=1S/C14H21NO3/c1-11(15-10-4-3-5-14(16)17)12-6-8-13(18-2)9-7-12/h6-9,11,15H,3-5,10H2,1-2H3,(H,16,17)/t11-/m1/s1. The van der Waals surface area contributed by atoms with Crippen LogP contribution in [0.3, 0.4) is 0 Å². The molecular formula is C14H21NO3. The average Bonchev–Trinajstić information content (AvgIpc) is 2.38. The van der Waals surface area contributed by atoms with Gasteiger partial charge in [-0.15, -0.1) is 0 Å². The Kier molecular flexibility index (Phi) is 6.22. The number of hydrogen-bond acceptors (Lipinski definition) is 3. The smallest absolute Gasteiger partial charge is 0.303 e. The molecule has 0 aliphatic heterocycles. The minimum absolute atomic E-state index is 0.249. The Morgan fingerprint density at radius 2 is 2.00 bits per heavy atom. The van der Waals surface area contributed by atoms with E-state index in [4.69, 9.17) is 9.84 Å². The molecule has 0 amide bonds. The Balaban J connectivity index is 2.27. The third-order valence-electron chi connectivity index (χ3n) is 2.88. The summed E-state index contributed by atoms with van der Waals surface area (Å²) in [6.07, 6.45) is 1.85. The molecule has 0 fully saturated rings. The fraction of sp³-hybridized carbons (Fsp3) is 0.500. The summed E-state index contributed by atoms with van der Waals surface area (Å²) in [5.74, 6) is 0.130. The van der Waals surface area contributed by atoms with Crippen molar-refractivity contribution in [3.63, 3.8) is 0 Å². The zero-order valence-electron chi connectivity index (χ0n) is 11.0. The Bertz CT molecular complexity index is 362. The van der Waals surface area contributed by atoms with Gasteiger partial charge in [-0.2, -0.15) is 0 Å². The third kappa shape index (κ3) is 5.19. The molecule has 0 bridgehead atoms. The Morgan fingerprint density at radius 3 is 2.56 bits per heavy atom. The van der Waals surface area contributed by atoms with Crippen LogP contribution in [0.2, 0.25) is 0 Å². The molecule has 0 spiro atoms. The normalized spacial score (nSPS) is 12.1. The molecule has 0 saturated heterocycles. The number of aliphatic carboxylic acids is 1. The minimum Gasteiger partial charge on any atom is -0.497 e. The first-order valence-corrected chi connectivity index (χ1v) is 6.22. The summed E-state index contributed by atoms with van der Waals surface area (Å²) >= 11 is 0. The van der Waals surface area contributed by atoms with Gasteiger partial charge in [-0.25, -0.2) is 0 Å². The molecule has 0 aliphatic rings. The zero-order valence-corrected chi connectivity index (χ0v) is 11.0. The quantitative estimate of drug-likeness (QED) is 0.697. The van der Waals surface area contributed by atoms with Crippen molar-refractivity contribution < 1.29 is 14.6 Å². The van der Waals surface area contributed by atoms with Crippen LogP contribution in [0, 0.1) is 0 Å². The first-order chi connectivity index (χ1) is 8.63. The average molecular weight is 251 g/mol. The fourth-order valence-electron chi connectivity index (χ4n) is 1.73. The molecule has 4 nitrogen and oxygen atoms in total. The topological polar surface area (TPSA) is 58.6 Å². The number of rotatable bonds is 8. The van der Waals surface area contributed by atoms with E-state index < -0.39 is 5.97 Å².